The molecule has 0 fully saturated rings. The summed E-state index contributed by atoms with van der Waals surface area (Å²) in [5.74, 6) is -0.824. The van der Waals surface area contributed by atoms with E-state index in [-0.39, 0.29) is 24.0 Å². The summed E-state index contributed by atoms with van der Waals surface area (Å²) in [5.41, 5.74) is 0.594. The largest absolute Gasteiger partial charge is 0.462 e. The normalized spacial score (nSPS) is 10.5. The first kappa shape index (κ1) is 15.7. The highest BCUT2D eigenvalue weighted by molar-refractivity contribution is 6.05. The van der Waals surface area contributed by atoms with Crippen LogP contribution in [0.15, 0.2) is 28.7 Å². The standard InChI is InChI=1S/C15H17N3O4/c1-4-21-15(20)10-7-5-6-8-11(10)16-12(19)14-18-17-13(22-14)9(2)3/h5-9H,4H2,1-3H3,(H,16,19). The van der Waals surface area contributed by atoms with Gasteiger partial charge in [0.15, 0.2) is 0 Å². The zero-order valence-electron chi connectivity index (χ0n) is 12.6. The van der Waals surface area contributed by atoms with Crippen molar-refractivity contribution in [3.63, 3.8) is 0 Å². The van der Waals surface area contributed by atoms with Gasteiger partial charge in [0.05, 0.1) is 17.9 Å². The minimum atomic E-state index is -0.573. The molecule has 0 atom stereocenters. The summed E-state index contributed by atoms with van der Waals surface area (Å²) in [6.07, 6.45) is 0. The van der Waals surface area contributed by atoms with E-state index in [0.29, 0.717) is 11.6 Å². The van der Waals surface area contributed by atoms with Crippen molar-refractivity contribution in [3.05, 3.63) is 41.6 Å². The quantitative estimate of drug-likeness (QED) is 0.853. The van der Waals surface area contributed by atoms with Crippen molar-refractivity contribution in [1.82, 2.24) is 10.2 Å². The Balaban J connectivity index is 2.19. The van der Waals surface area contributed by atoms with Crippen molar-refractivity contribution in [2.75, 3.05) is 11.9 Å². The zero-order chi connectivity index (χ0) is 16.1. The van der Waals surface area contributed by atoms with Gasteiger partial charge in [-0.1, -0.05) is 26.0 Å². The van der Waals surface area contributed by atoms with Gasteiger partial charge in [0.2, 0.25) is 5.89 Å². The molecule has 7 heteroatoms. The molecular formula is C15H17N3O4. The summed E-state index contributed by atoms with van der Waals surface area (Å²) in [5, 5.41) is 10.1. The van der Waals surface area contributed by atoms with Gasteiger partial charge in [0.25, 0.3) is 0 Å². The minimum Gasteiger partial charge on any atom is -0.462 e. The predicted octanol–water partition coefficient (Wildman–Crippen LogP) is 2.62. The molecule has 1 aromatic heterocycles. The highest BCUT2D eigenvalue weighted by atomic mass is 16.5. The summed E-state index contributed by atoms with van der Waals surface area (Å²) in [7, 11) is 0. The molecule has 0 radical (unpaired) electrons. The van der Waals surface area contributed by atoms with Crippen LogP contribution in [0.5, 0.6) is 0 Å². The van der Waals surface area contributed by atoms with Gasteiger partial charge in [-0.05, 0) is 19.1 Å². The van der Waals surface area contributed by atoms with Crippen LogP contribution in [0.4, 0.5) is 5.69 Å². The number of aromatic nitrogens is 2. The Bertz CT molecular complexity index is 679. The van der Waals surface area contributed by atoms with Crippen molar-refractivity contribution in [1.29, 1.82) is 0 Å². The molecule has 2 aromatic rings. The molecule has 0 saturated heterocycles. The molecular weight excluding hydrogens is 286 g/mol. The number of hydrogen-bond acceptors (Lipinski definition) is 6. The SMILES string of the molecule is CCOC(=O)c1ccccc1NC(=O)c1nnc(C(C)C)o1. The van der Waals surface area contributed by atoms with Crippen LogP contribution in [0.3, 0.4) is 0 Å². The Morgan fingerprint density at radius 1 is 1.27 bits per heavy atom. The van der Waals surface area contributed by atoms with Crippen molar-refractivity contribution >= 4 is 17.6 Å². The molecule has 0 aliphatic rings. The first-order valence-corrected chi connectivity index (χ1v) is 6.93. The molecule has 1 aromatic carbocycles. The predicted molar refractivity (Wildman–Crippen MR) is 78.7 cm³/mol. The van der Waals surface area contributed by atoms with Crippen molar-refractivity contribution < 1.29 is 18.7 Å². The van der Waals surface area contributed by atoms with Crippen LogP contribution >= 0.6 is 0 Å². The fourth-order valence-corrected chi connectivity index (χ4v) is 1.71. The van der Waals surface area contributed by atoms with Gasteiger partial charge in [0.1, 0.15) is 0 Å². The second-order valence-corrected chi connectivity index (χ2v) is 4.82. The molecule has 2 rings (SSSR count). The first-order valence-electron chi connectivity index (χ1n) is 6.93. The van der Waals surface area contributed by atoms with Gasteiger partial charge >= 0.3 is 17.8 Å². The smallest absolute Gasteiger partial charge is 0.340 e. The Labute approximate surface area is 127 Å². The van der Waals surface area contributed by atoms with Crippen molar-refractivity contribution in [2.24, 2.45) is 0 Å². The highest BCUT2D eigenvalue weighted by Crippen LogP contribution is 2.18. The van der Waals surface area contributed by atoms with Gasteiger partial charge < -0.3 is 14.5 Å². The van der Waals surface area contributed by atoms with Crippen molar-refractivity contribution in [3.8, 4) is 0 Å². The van der Waals surface area contributed by atoms with E-state index in [1.165, 1.54) is 0 Å². The van der Waals surface area contributed by atoms with E-state index in [9.17, 15) is 9.59 Å². The number of amides is 1. The van der Waals surface area contributed by atoms with Crippen LogP contribution in [0.25, 0.3) is 0 Å². The Morgan fingerprint density at radius 3 is 2.64 bits per heavy atom. The number of hydrogen-bond donors (Lipinski definition) is 1. The summed E-state index contributed by atoms with van der Waals surface area (Å²) >= 11 is 0. The summed E-state index contributed by atoms with van der Waals surface area (Å²) in [6.45, 7) is 5.73. The number of esters is 1. The number of benzene rings is 1. The topological polar surface area (TPSA) is 94.3 Å². The monoisotopic (exact) mass is 303 g/mol. The third-order valence-corrected chi connectivity index (χ3v) is 2.80. The van der Waals surface area contributed by atoms with Gasteiger partial charge in [-0.2, -0.15) is 0 Å². The maximum absolute atomic E-state index is 12.1. The molecule has 1 N–H and O–H groups in total. The maximum atomic E-state index is 12.1. The van der Waals surface area contributed by atoms with E-state index >= 15 is 0 Å². The van der Waals surface area contributed by atoms with Crippen LogP contribution in [-0.4, -0.2) is 28.7 Å². The fourth-order valence-electron chi connectivity index (χ4n) is 1.71. The molecule has 116 valence electrons. The lowest BCUT2D eigenvalue weighted by Crippen LogP contribution is -2.16. The van der Waals surface area contributed by atoms with Gasteiger partial charge in [-0.25, -0.2) is 4.79 Å². The first-order chi connectivity index (χ1) is 10.5. The van der Waals surface area contributed by atoms with E-state index < -0.39 is 11.9 Å². The molecule has 22 heavy (non-hydrogen) atoms. The molecule has 0 unspecified atom stereocenters. The Hall–Kier alpha value is -2.70. The molecule has 1 heterocycles. The number of rotatable bonds is 5. The zero-order valence-corrected chi connectivity index (χ0v) is 12.6. The third-order valence-electron chi connectivity index (χ3n) is 2.80. The lowest BCUT2D eigenvalue weighted by Gasteiger charge is -2.08. The summed E-state index contributed by atoms with van der Waals surface area (Å²) in [4.78, 5) is 24.0. The van der Waals surface area contributed by atoms with Crippen LogP contribution in [0, 0.1) is 0 Å². The molecule has 0 aliphatic heterocycles. The van der Waals surface area contributed by atoms with Crippen LogP contribution < -0.4 is 5.32 Å². The van der Waals surface area contributed by atoms with E-state index in [1.807, 2.05) is 13.8 Å². The molecule has 0 saturated carbocycles. The second kappa shape index (κ2) is 6.84. The van der Waals surface area contributed by atoms with Crippen LogP contribution in [-0.2, 0) is 4.74 Å². The number of anilines is 1. The highest BCUT2D eigenvalue weighted by Gasteiger charge is 2.19. The number of nitrogens with zero attached hydrogens (tertiary/aromatic N) is 2. The van der Waals surface area contributed by atoms with E-state index in [2.05, 4.69) is 15.5 Å². The molecule has 0 bridgehead atoms. The third kappa shape index (κ3) is 3.49. The molecule has 1 amide bonds. The Kier molecular flexibility index (Phi) is 4.88. The average molecular weight is 303 g/mol. The van der Waals surface area contributed by atoms with Gasteiger partial charge in [-0.15, -0.1) is 10.2 Å². The lowest BCUT2D eigenvalue weighted by molar-refractivity contribution is 0.0527. The second-order valence-electron chi connectivity index (χ2n) is 4.82. The molecule has 0 aliphatic carbocycles. The minimum absolute atomic E-state index is 0.0286. The number of para-hydroxylation sites is 1. The van der Waals surface area contributed by atoms with Gasteiger partial charge in [-0.3, -0.25) is 4.79 Å². The maximum Gasteiger partial charge on any atom is 0.340 e. The summed E-state index contributed by atoms with van der Waals surface area (Å²) in [6, 6.07) is 6.56. The number of carbonyl (C=O) groups is 2. The molecule has 0 spiro atoms. The Morgan fingerprint density at radius 2 is 2.00 bits per heavy atom. The average Bonchev–Trinajstić information content (AvgIpc) is 2.98. The van der Waals surface area contributed by atoms with E-state index in [0.717, 1.165) is 0 Å². The van der Waals surface area contributed by atoms with Crippen LogP contribution in [0.1, 0.15) is 53.6 Å². The van der Waals surface area contributed by atoms with Crippen molar-refractivity contribution in [2.45, 2.75) is 26.7 Å². The van der Waals surface area contributed by atoms with E-state index in [1.54, 1.807) is 31.2 Å². The number of nitrogens with one attached hydrogen (secondary N) is 1. The van der Waals surface area contributed by atoms with E-state index in [4.69, 9.17) is 9.15 Å². The molecule has 7 nitrogen and oxygen atoms in total. The number of carbonyl (C=O) groups excluding carboxylic acids is 2. The van der Waals surface area contributed by atoms with Crippen LogP contribution in [0.2, 0.25) is 0 Å². The van der Waals surface area contributed by atoms with Gasteiger partial charge in [0, 0.05) is 5.92 Å². The number of ether oxygens (including phenoxy) is 1. The lowest BCUT2D eigenvalue weighted by atomic mass is 10.2. The fraction of sp³-hybridized carbons (Fsp3) is 0.333. The summed E-state index contributed by atoms with van der Waals surface area (Å²) < 4.78 is 10.2.